The van der Waals surface area contributed by atoms with E-state index in [1.165, 1.54) is 0 Å². The molecule has 0 unspecified atom stereocenters. The minimum Gasteiger partial charge on any atom is -0.223 e. The average Bonchev–Trinajstić information content (AvgIpc) is 2.34. The summed E-state index contributed by atoms with van der Waals surface area (Å²) in [5, 5.41) is 0. The highest BCUT2D eigenvalue weighted by molar-refractivity contribution is 5.30. The summed E-state index contributed by atoms with van der Waals surface area (Å²) in [6.45, 7) is 0. The quantitative estimate of drug-likeness (QED) is 0.603. The molecule has 0 spiro atoms. The van der Waals surface area contributed by atoms with Crippen LogP contribution in [0.3, 0.4) is 0 Å². The molecule has 138 valence electrons. The Morgan fingerprint density at radius 1 is 0.478 bits per heavy atom. The zero-order valence-electron chi connectivity index (χ0n) is 9.75. The molecule has 0 bridgehead atoms. The second-order valence-electron chi connectivity index (χ2n) is 4.45. The summed E-state index contributed by atoms with van der Waals surface area (Å²) in [6.07, 6.45) is -5.93. The molecule has 1 aliphatic rings. The highest BCUT2D eigenvalue weighted by Gasteiger charge is 3.05. The summed E-state index contributed by atoms with van der Waals surface area (Å²) in [6, 6.07) is 0. The summed E-state index contributed by atoms with van der Waals surface area (Å²) in [5.41, 5.74) is -8.02. The molecule has 0 aliphatic heterocycles. The lowest BCUT2D eigenvalue weighted by molar-refractivity contribution is -0.510. The molecule has 0 amide bonds. The van der Waals surface area contributed by atoms with Gasteiger partial charge in [0, 0.05) is 0 Å². The average molecular weight is 382 g/mol. The van der Waals surface area contributed by atoms with Gasteiger partial charge in [-0.2, -0.15) is 52.7 Å². The van der Waals surface area contributed by atoms with Gasteiger partial charge >= 0.3 is 47.6 Å². The second kappa shape index (κ2) is 4.32. The molecule has 1 fully saturated rings. The van der Waals surface area contributed by atoms with Crippen molar-refractivity contribution < 1.29 is 65.9 Å². The van der Waals surface area contributed by atoms with Crippen LogP contribution in [0.4, 0.5) is 65.9 Å². The molecule has 0 saturated heterocycles. The Hall–Kier alpha value is -1.05. The molecular weight excluding hydrogens is 381 g/mol. The number of alkyl halides is 15. The molecule has 0 atom stereocenters. The smallest absolute Gasteiger partial charge is 0.223 e. The van der Waals surface area contributed by atoms with E-state index in [0.717, 1.165) is 0 Å². The van der Waals surface area contributed by atoms with Crippen molar-refractivity contribution in [1.82, 2.24) is 0 Å². The monoisotopic (exact) mass is 382 g/mol. The molecule has 23 heavy (non-hydrogen) atoms. The Balaban J connectivity index is 3.98. The fourth-order valence-electron chi connectivity index (χ4n) is 1.79. The van der Waals surface area contributed by atoms with E-state index in [9.17, 15) is 65.9 Å². The first kappa shape index (κ1) is 20.0. The van der Waals surface area contributed by atoms with Crippen molar-refractivity contribution in [2.45, 2.75) is 47.6 Å². The van der Waals surface area contributed by atoms with E-state index in [1.54, 1.807) is 0 Å². The summed E-state index contributed by atoms with van der Waals surface area (Å²) in [4.78, 5) is 0. The van der Waals surface area contributed by atoms with Gasteiger partial charge in [0.05, 0.1) is 0 Å². The lowest BCUT2D eigenvalue weighted by atomic mass is 9.69. The van der Waals surface area contributed by atoms with Crippen molar-refractivity contribution in [1.29, 1.82) is 0 Å². The van der Waals surface area contributed by atoms with Gasteiger partial charge in [-0.25, -0.2) is 13.2 Å². The maximum Gasteiger partial charge on any atom is 0.384 e. The Bertz CT molecular complexity index is 458. The van der Waals surface area contributed by atoms with Crippen molar-refractivity contribution >= 4 is 0 Å². The van der Waals surface area contributed by atoms with Crippen molar-refractivity contribution in [2.24, 2.45) is 0 Å². The Labute approximate surface area is 115 Å². The third kappa shape index (κ3) is 1.63. The molecule has 0 aromatic rings. The van der Waals surface area contributed by atoms with Crippen LogP contribution in [0.1, 0.15) is 0 Å². The summed E-state index contributed by atoms with van der Waals surface area (Å²) >= 11 is 0. The Morgan fingerprint density at radius 3 is 0.913 bits per heavy atom. The normalized spacial score (nSPS) is 30.3. The van der Waals surface area contributed by atoms with Gasteiger partial charge in [-0.3, -0.25) is 0 Å². The lowest BCUT2D eigenvalue weighted by Gasteiger charge is -2.53. The minimum absolute atomic E-state index is 5.93. The number of halogens is 15. The van der Waals surface area contributed by atoms with Gasteiger partial charge in [0.2, 0.25) is 0 Å². The van der Waals surface area contributed by atoms with Crippen LogP contribution in [0.2, 0.25) is 0 Å². The maximum absolute atomic E-state index is 13.5. The molecule has 15 heteroatoms. The highest BCUT2D eigenvalue weighted by Crippen LogP contribution is 2.72. The van der Waals surface area contributed by atoms with Crippen LogP contribution in [0, 0.1) is 0 Å². The van der Waals surface area contributed by atoms with Crippen LogP contribution in [0.25, 0.3) is 0 Å². The highest BCUT2D eigenvalue weighted by atomic mass is 19.4. The summed E-state index contributed by atoms with van der Waals surface area (Å²) < 4.78 is 191. The van der Waals surface area contributed by atoms with Crippen molar-refractivity contribution in [3.63, 3.8) is 0 Å². The van der Waals surface area contributed by atoms with Gasteiger partial charge < -0.3 is 0 Å². The van der Waals surface area contributed by atoms with Gasteiger partial charge in [-0.05, 0) is 0 Å². The molecule has 1 saturated carbocycles. The van der Waals surface area contributed by atoms with Crippen molar-refractivity contribution in [3.05, 3.63) is 0 Å². The Kier molecular flexibility index (Phi) is 3.75. The van der Waals surface area contributed by atoms with E-state index in [-0.39, 0.29) is 0 Å². The fourth-order valence-corrected chi connectivity index (χ4v) is 1.79. The van der Waals surface area contributed by atoms with Crippen molar-refractivity contribution in [2.75, 3.05) is 0 Å². The fraction of sp³-hybridized carbons (Fsp3) is 1.00. The standard InChI is InChI=1S/C8HF15/c9-1(10)2(11,12)3(13)4(14,15)6(18,19)8(22,23)7(20,21)5(3,16)17/h1H. The van der Waals surface area contributed by atoms with Crippen molar-refractivity contribution in [3.8, 4) is 0 Å². The first-order chi connectivity index (χ1) is 9.69. The SMILES string of the molecule is FC(F)C(F)(F)C1(F)C(F)(F)C(F)(F)C(F)(F)C(F)(F)C1(F)F. The molecule has 0 aromatic carbocycles. The first-order valence-corrected chi connectivity index (χ1v) is 4.93. The molecule has 1 aliphatic carbocycles. The van der Waals surface area contributed by atoms with Gasteiger partial charge in [-0.15, -0.1) is 0 Å². The van der Waals surface area contributed by atoms with E-state index < -0.39 is 47.6 Å². The molecule has 0 heterocycles. The summed E-state index contributed by atoms with van der Waals surface area (Å²) in [5.74, 6) is -47.0. The topological polar surface area (TPSA) is 0 Å². The molecule has 0 nitrogen and oxygen atoms in total. The van der Waals surface area contributed by atoms with Gasteiger partial charge in [-0.1, -0.05) is 0 Å². The lowest BCUT2D eigenvalue weighted by Crippen LogP contribution is -2.87. The van der Waals surface area contributed by atoms with Crippen LogP contribution in [0.15, 0.2) is 0 Å². The molecular formula is C8HF15. The molecule has 0 N–H and O–H groups in total. The van der Waals surface area contributed by atoms with Gasteiger partial charge in [0.1, 0.15) is 0 Å². The minimum atomic E-state index is -8.02. The van der Waals surface area contributed by atoms with Gasteiger partial charge in [0.15, 0.2) is 0 Å². The van der Waals surface area contributed by atoms with E-state index in [2.05, 4.69) is 0 Å². The van der Waals surface area contributed by atoms with Crippen LogP contribution in [0.5, 0.6) is 0 Å². The number of hydrogen-bond acceptors (Lipinski definition) is 0. The Morgan fingerprint density at radius 2 is 0.696 bits per heavy atom. The number of rotatable bonds is 2. The summed E-state index contributed by atoms with van der Waals surface area (Å²) in [7, 11) is 0. The largest absolute Gasteiger partial charge is 0.384 e. The van der Waals surface area contributed by atoms with Gasteiger partial charge in [0.25, 0.3) is 0 Å². The predicted molar refractivity (Wildman–Crippen MR) is 39.5 cm³/mol. The van der Waals surface area contributed by atoms with Crippen LogP contribution in [-0.2, 0) is 0 Å². The van der Waals surface area contributed by atoms with E-state index >= 15 is 0 Å². The van der Waals surface area contributed by atoms with Crippen LogP contribution < -0.4 is 0 Å². The molecule has 1 rings (SSSR count). The zero-order valence-corrected chi connectivity index (χ0v) is 9.75. The van der Waals surface area contributed by atoms with Crippen LogP contribution >= 0.6 is 0 Å². The van der Waals surface area contributed by atoms with E-state index in [4.69, 9.17) is 0 Å². The predicted octanol–water partition coefficient (Wildman–Crippen LogP) is 4.79. The van der Waals surface area contributed by atoms with Crippen LogP contribution in [-0.4, -0.2) is 47.6 Å². The zero-order chi connectivity index (χ0) is 19.1. The van der Waals surface area contributed by atoms with E-state index in [0.29, 0.717) is 0 Å². The third-order valence-corrected chi connectivity index (χ3v) is 3.18. The second-order valence-corrected chi connectivity index (χ2v) is 4.45. The molecule has 0 aromatic heterocycles. The number of hydrogen-bond donors (Lipinski definition) is 0. The maximum atomic E-state index is 13.5. The first-order valence-electron chi connectivity index (χ1n) is 4.93. The van der Waals surface area contributed by atoms with E-state index in [1.807, 2.05) is 0 Å². The third-order valence-electron chi connectivity index (χ3n) is 3.18. The molecule has 0 radical (unpaired) electrons.